The molecule has 0 fully saturated rings. The van der Waals surface area contributed by atoms with Gasteiger partial charge in [-0.2, -0.15) is 0 Å². The molecule has 0 rings (SSSR count). The molecule has 0 unspecified atom stereocenters. The Labute approximate surface area is 182 Å². The van der Waals surface area contributed by atoms with Gasteiger partial charge in [0.1, 0.15) is 0 Å². The van der Waals surface area contributed by atoms with Crippen molar-refractivity contribution in [2.24, 2.45) is 0 Å². The average molecular weight is 413 g/mol. The molecule has 0 aromatic heterocycles. The van der Waals surface area contributed by atoms with E-state index in [2.05, 4.69) is 19.9 Å². The monoisotopic (exact) mass is 412 g/mol. The summed E-state index contributed by atoms with van der Waals surface area (Å²) in [5, 5.41) is 8.90. The Morgan fingerprint density at radius 3 is 1.41 bits per heavy atom. The number of unbranched alkanes of at least 4 members (excludes halogenated alkanes) is 14. The van der Waals surface area contributed by atoms with Crippen LogP contribution < -0.4 is 0 Å². The van der Waals surface area contributed by atoms with Gasteiger partial charge in [0, 0.05) is 26.2 Å². The van der Waals surface area contributed by atoms with E-state index in [0.717, 1.165) is 32.5 Å². The van der Waals surface area contributed by atoms with Crippen molar-refractivity contribution in [1.29, 1.82) is 0 Å². The summed E-state index contributed by atoms with van der Waals surface area (Å²) < 4.78 is 12.0. The second-order valence-electron chi connectivity index (χ2n) is 8.34. The Morgan fingerprint density at radius 1 is 0.586 bits per heavy atom. The molecule has 0 saturated carbocycles. The van der Waals surface area contributed by atoms with Gasteiger partial charge in [0.15, 0.2) is 6.29 Å². The van der Waals surface area contributed by atoms with Crippen molar-refractivity contribution in [3.8, 4) is 0 Å². The van der Waals surface area contributed by atoms with Gasteiger partial charge < -0.3 is 14.6 Å². The maximum Gasteiger partial charge on any atom is 0.160 e. The Bertz CT molecular complexity index is 295. The second kappa shape index (κ2) is 25.7. The summed E-state index contributed by atoms with van der Waals surface area (Å²) in [7, 11) is 0. The van der Waals surface area contributed by atoms with Crippen molar-refractivity contribution < 1.29 is 14.6 Å². The summed E-state index contributed by atoms with van der Waals surface area (Å²) in [6.45, 7) is 6.34. The van der Waals surface area contributed by atoms with Crippen LogP contribution in [0.4, 0.5) is 0 Å². The minimum Gasteiger partial charge on any atom is -0.396 e. The largest absolute Gasteiger partial charge is 0.396 e. The lowest BCUT2D eigenvalue weighted by Crippen LogP contribution is -2.18. The standard InChI is InChI=1S/C26H52O3/c1-3-5-7-9-11-13-15-20-24-28-26(22-18-17-19-23-27)29-25-21-16-14-12-10-8-6-4-2/h17-18,26-27H,3-16,19-25H2,1-2H3/b18-17-. The van der Waals surface area contributed by atoms with E-state index < -0.39 is 0 Å². The van der Waals surface area contributed by atoms with Crippen LogP contribution in [0.1, 0.15) is 129 Å². The van der Waals surface area contributed by atoms with Gasteiger partial charge in [-0.05, 0) is 19.3 Å². The highest BCUT2D eigenvalue weighted by molar-refractivity contribution is 4.82. The Hall–Kier alpha value is -0.380. The highest BCUT2D eigenvalue weighted by atomic mass is 16.7. The quantitative estimate of drug-likeness (QED) is 0.0992. The molecule has 0 aliphatic carbocycles. The summed E-state index contributed by atoms with van der Waals surface area (Å²) in [6.07, 6.45) is 26.6. The zero-order chi connectivity index (χ0) is 21.3. The Kier molecular flexibility index (Phi) is 25.3. The molecule has 0 atom stereocenters. The molecule has 0 bridgehead atoms. The van der Waals surface area contributed by atoms with E-state index in [0.29, 0.717) is 6.42 Å². The van der Waals surface area contributed by atoms with Crippen LogP contribution in [0.3, 0.4) is 0 Å². The molecule has 1 N–H and O–H groups in total. The smallest absolute Gasteiger partial charge is 0.160 e. The van der Waals surface area contributed by atoms with Gasteiger partial charge in [0.25, 0.3) is 0 Å². The summed E-state index contributed by atoms with van der Waals surface area (Å²) in [5.41, 5.74) is 0. The molecule has 0 spiro atoms. The molecule has 0 aliphatic heterocycles. The number of aliphatic hydroxyl groups excluding tert-OH is 1. The topological polar surface area (TPSA) is 38.7 Å². The van der Waals surface area contributed by atoms with Crippen LogP contribution in [0, 0.1) is 0 Å². The lowest BCUT2D eigenvalue weighted by atomic mass is 10.1. The van der Waals surface area contributed by atoms with Crippen LogP contribution in [0.2, 0.25) is 0 Å². The van der Waals surface area contributed by atoms with Crippen molar-refractivity contribution in [3.05, 3.63) is 12.2 Å². The highest BCUT2D eigenvalue weighted by Crippen LogP contribution is 2.12. The third-order valence-electron chi connectivity index (χ3n) is 5.39. The van der Waals surface area contributed by atoms with Crippen LogP contribution in [-0.2, 0) is 9.47 Å². The molecule has 0 aromatic rings. The van der Waals surface area contributed by atoms with Crippen LogP contribution in [0.15, 0.2) is 12.2 Å². The van der Waals surface area contributed by atoms with Crippen molar-refractivity contribution >= 4 is 0 Å². The third kappa shape index (κ3) is 23.8. The molecule has 0 saturated heterocycles. The molecule has 0 aromatic carbocycles. The maximum absolute atomic E-state index is 8.90. The van der Waals surface area contributed by atoms with Crippen molar-refractivity contribution in [3.63, 3.8) is 0 Å². The first-order valence-corrected chi connectivity index (χ1v) is 12.8. The summed E-state index contributed by atoms with van der Waals surface area (Å²) in [6, 6.07) is 0. The highest BCUT2D eigenvalue weighted by Gasteiger charge is 2.07. The summed E-state index contributed by atoms with van der Waals surface area (Å²) in [5.74, 6) is 0. The van der Waals surface area contributed by atoms with Crippen LogP contribution in [0.5, 0.6) is 0 Å². The molecule has 0 aliphatic rings. The molecule has 29 heavy (non-hydrogen) atoms. The maximum atomic E-state index is 8.90. The van der Waals surface area contributed by atoms with E-state index in [4.69, 9.17) is 14.6 Å². The number of rotatable bonds is 24. The molecule has 174 valence electrons. The van der Waals surface area contributed by atoms with E-state index in [1.807, 2.05) is 6.08 Å². The number of hydrogen-bond acceptors (Lipinski definition) is 3. The Morgan fingerprint density at radius 2 is 1.00 bits per heavy atom. The minimum atomic E-state index is -0.126. The van der Waals surface area contributed by atoms with E-state index in [1.165, 1.54) is 89.9 Å². The van der Waals surface area contributed by atoms with E-state index >= 15 is 0 Å². The number of hydrogen-bond donors (Lipinski definition) is 1. The van der Waals surface area contributed by atoms with Gasteiger partial charge in [-0.3, -0.25) is 0 Å². The van der Waals surface area contributed by atoms with Crippen LogP contribution in [-0.4, -0.2) is 31.2 Å². The normalized spacial score (nSPS) is 11.9. The van der Waals surface area contributed by atoms with Gasteiger partial charge in [-0.25, -0.2) is 0 Å². The first kappa shape index (κ1) is 28.6. The zero-order valence-electron chi connectivity index (χ0n) is 19.8. The fraction of sp³-hybridized carbons (Fsp3) is 0.923. The van der Waals surface area contributed by atoms with E-state index in [-0.39, 0.29) is 12.9 Å². The molecular weight excluding hydrogens is 360 g/mol. The molecule has 3 nitrogen and oxygen atoms in total. The Balaban J connectivity index is 3.75. The molecule has 0 amide bonds. The van der Waals surface area contributed by atoms with Crippen LogP contribution in [0.25, 0.3) is 0 Å². The third-order valence-corrected chi connectivity index (χ3v) is 5.39. The van der Waals surface area contributed by atoms with E-state index in [1.54, 1.807) is 0 Å². The van der Waals surface area contributed by atoms with Gasteiger partial charge in [0.2, 0.25) is 0 Å². The molecule has 3 heteroatoms. The first-order valence-electron chi connectivity index (χ1n) is 12.8. The zero-order valence-corrected chi connectivity index (χ0v) is 19.8. The predicted molar refractivity (Wildman–Crippen MR) is 126 cm³/mol. The summed E-state index contributed by atoms with van der Waals surface area (Å²) in [4.78, 5) is 0. The molecule has 0 radical (unpaired) electrons. The molecule has 0 heterocycles. The van der Waals surface area contributed by atoms with Crippen LogP contribution >= 0.6 is 0 Å². The van der Waals surface area contributed by atoms with Crippen molar-refractivity contribution in [2.45, 2.75) is 136 Å². The minimum absolute atomic E-state index is 0.126. The van der Waals surface area contributed by atoms with E-state index in [9.17, 15) is 0 Å². The molecular formula is C26H52O3. The van der Waals surface area contributed by atoms with Crippen molar-refractivity contribution in [2.75, 3.05) is 19.8 Å². The second-order valence-corrected chi connectivity index (χ2v) is 8.34. The fourth-order valence-corrected chi connectivity index (χ4v) is 3.49. The average Bonchev–Trinajstić information content (AvgIpc) is 2.73. The number of ether oxygens (including phenoxy) is 2. The van der Waals surface area contributed by atoms with Gasteiger partial charge >= 0.3 is 0 Å². The summed E-state index contributed by atoms with van der Waals surface area (Å²) >= 11 is 0. The number of aliphatic hydroxyl groups is 1. The lowest BCUT2D eigenvalue weighted by molar-refractivity contribution is -0.141. The fourth-order valence-electron chi connectivity index (χ4n) is 3.49. The van der Waals surface area contributed by atoms with Crippen molar-refractivity contribution in [1.82, 2.24) is 0 Å². The van der Waals surface area contributed by atoms with Gasteiger partial charge in [0.05, 0.1) is 0 Å². The predicted octanol–water partition coefficient (Wildman–Crippen LogP) is 7.96. The SMILES string of the molecule is CCCCCCCCCCOC(C/C=C\CCO)OCCCCCCCCCC. The first-order chi connectivity index (χ1) is 14.3. The van der Waals surface area contributed by atoms with Gasteiger partial charge in [-0.1, -0.05) is 116 Å². The lowest BCUT2D eigenvalue weighted by Gasteiger charge is -2.17. The van der Waals surface area contributed by atoms with Gasteiger partial charge in [-0.15, -0.1) is 0 Å².